The minimum Gasteiger partial charge on any atom is -0.480 e. The second kappa shape index (κ2) is 9.10. The van der Waals surface area contributed by atoms with Crippen molar-refractivity contribution in [2.45, 2.75) is 51.3 Å². The molecular formula is C26H30N2O6. The minimum absolute atomic E-state index is 0.0388. The third-order valence-electron chi connectivity index (χ3n) is 6.57. The van der Waals surface area contributed by atoms with Crippen molar-refractivity contribution >= 4 is 18.0 Å². The lowest BCUT2D eigenvalue weighted by Gasteiger charge is -2.34. The maximum absolute atomic E-state index is 13.3. The van der Waals surface area contributed by atoms with Crippen LogP contribution < -0.4 is 5.32 Å². The van der Waals surface area contributed by atoms with Crippen LogP contribution in [0.2, 0.25) is 0 Å². The molecule has 1 aliphatic carbocycles. The molecule has 2 amide bonds. The smallest absolute Gasteiger partial charge is 0.407 e. The number of nitrogens with zero attached hydrogens (tertiary/aromatic N) is 1. The highest BCUT2D eigenvalue weighted by molar-refractivity contribution is 5.90. The van der Waals surface area contributed by atoms with E-state index in [9.17, 15) is 24.6 Å². The van der Waals surface area contributed by atoms with Gasteiger partial charge in [-0.1, -0.05) is 69.3 Å². The van der Waals surface area contributed by atoms with Gasteiger partial charge in [-0.25, -0.2) is 9.59 Å². The molecule has 1 aliphatic heterocycles. The molecule has 3 atom stereocenters. The summed E-state index contributed by atoms with van der Waals surface area (Å²) in [7, 11) is 0. The molecule has 2 aliphatic rings. The molecule has 1 heterocycles. The van der Waals surface area contributed by atoms with Crippen LogP contribution in [0.1, 0.15) is 44.2 Å². The van der Waals surface area contributed by atoms with E-state index in [1.165, 1.54) is 0 Å². The van der Waals surface area contributed by atoms with Crippen molar-refractivity contribution in [1.29, 1.82) is 0 Å². The lowest BCUT2D eigenvalue weighted by atomic mass is 9.85. The second-order valence-electron chi connectivity index (χ2n) is 10.0. The van der Waals surface area contributed by atoms with Crippen molar-refractivity contribution in [1.82, 2.24) is 10.2 Å². The van der Waals surface area contributed by atoms with Crippen LogP contribution in [-0.2, 0) is 14.3 Å². The van der Waals surface area contributed by atoms with Gasteiger partial charge in [-0.3, -0.25) is 4.79 Å². The highest BCUT2D eigenvalue weighted by atomic mass is 16.5. The Bertz CT molecular complexity index is 1060. The number of fused-ring (bicyclic) bond motifs is 3. The topological polar surface area (TPSA) is 116 Å². The number of alkyl carbamates (subject to hydrolysis) is 1. The summed E-state index contributed by atoms with van der Waals surface area (Å²) in [6.07, 6.45) is -1.70. The quantitative estimate of drug-likeness (QED) is 0.624. The van der Waals surface area contributed by atoms with E-state index in [2.05, 4.69) is 5.32 Å². The van der Waals surface area contributed by atoms with E-state index in [4.69, 9.17) is 4.74 Å². The molecular weight excluding hydrogens is 436 g/mol. The van der Waals surface area contributed by atoms with E-state index in [0.29, 0.717) is 0 Å². The van der Waals surface area contributed by atoms with E-state index in [1.54, 1.807) is 20.8 Å². The van der Waals surface area contributed by atoms with Gasteiger partial charge in [0.1, 0.15) is 18.7 Å². The number of carbonyl (C=O) groups is 3. The van der Waals surface area contributed by atoms with Gasteiger partial charge in [0.2, 0.25) is 5.91 Å². The number of benzene rings is 2. The van der Waals surface area contributed by atoms with Gasteiger partial charge >= 0.3 is 12.1 Å². The van der Waals surface area contributed by atoms with E-state index in [1.807, 2.05) is 48.5 Å². The summed E-state index contributed by atoms with van der Waals surface area (Å²) in [5, 5.41) is 22.0. The number of likely N-dealkylation sites (tertiary alicyclic amines) is 1. The average molecular weight is 467 g/mol. The Kier molecular flexibility index (Phi) is 6.36. The normalized spacial score (nSPS) is 20.4. The molecule has 0 unspecified atom stereocenters. The number of aliphatic hydroxyl groups excluding tert-OH is 1. The van der Waals surface area contributed by atoms with Crippen molar-refractivity contribution in [3.8, 4) is 11.1 Å². The number of carboxylic acids is 1. The Labute approximate surface area is 198 Å². The maximum atomic E-state index is 13.3. The molecule has 0 bridgehead atoms. The van der Waals surface area contributed by atoms with Crippen LogP contribution in [0.5, 0.6) is 0 Å². The first-order valence-corrected chi connectivity index (χ1v) is 11.4. The molecule has 1 saturated heterocycles. The highest BCUT2D eigenvalue weighted by Crippen LogP contribution is 2.44. The molecule has 180 valence electrons. The van der Waals surface area contributed by atoms with Gasteiger partial charge in [0.15, 0.2) is 0 Å². The molecule has 0 aromatic heterocycles. The summed E-state index contributed by atoms with van der Waals surface area (Å²) in [5.74, 6) is -1.85. The highest BCUT2D eigenvalue weighted by Gasteiger charge is 2.44. The number of carbonyl (C=O) groups excluding carboxylic acids is 2. The van der Waals surface area contributed by atoms with Crippen LogP contribution in [-0.4, -0.2) is 64.4 Å². The number of aliphatic carboxylic acids is 1. The number of aliphatic hydroxyl groups is 1. The zero-order valence-electron chi connectivity index (χ0n) is 19.5. The Morgan fingerprint density at radius 2 is 1.62 bits per heavy atom. The third kappa shape index (κ3) is 4.50. The number of nitrogens with one attached hydrogen (secondary N) is 1. The van der Waals surface area contributed by atoms with Crippen LogP contribution in [0.4, 0.5) is 4.79 Å². The Morgan fingerprint density at radius 1 is 1.06 bits per heavy atom. The van der Waals surface area contributed by atoms with E-state index >= 15 is 0 Å². The predicted octanol–water partition coefficient (Wildman–Crippen LogP) is 2.99. The summed E-state index contributed by atoms with van der Waals surface area (Å²) in [4.78, 5) is 38.8. The van der Waals surface area contributed by atoms with Gasteiger partial charge in [-0.2, -0.15) is 0 Å². The van der Waals surface area contributed by atoms with Crippen LogP contribution in [0.15, 0.2) is 48.5 Å². The number of ether oxygens (including phenoxy) is 1. The van der Waals surface area contributed by atoms with Gasteiger partial charge < -0.3 is 25.2 Å². The summed E-state index contributed by atoms with van der Waals surface area (Å²) in [5.41, 5.74) is 3.68. The number of hydrogen-bond acceptors (Lipinski definition) is 5. The van der Waals surface area contributed by atoms with Crippen molar-refractivity contribution in [2.24, 2.45) is 5.41 Å². The first kappa shape index (κ1) is 23.8. The predicted molar refractivity (Wildman–Crippen MR) is 125 cm³/mol. The van der Waals surface area contributed by atoms with E-state index in [0.717, 1.165) is 27.2 Å². The molecule has 0 saturated carbocycles. The zero-order valence-corrected chi connectivity index (χ0v) is 19.5. The fourth-order valence-corrected chi connectivity index (χ4v) is 4.86. The van der Waals surface area contributed by atoms with Crippen molar-refractivity contribution in [2.75, 3.05) is 13.2 Å². The fourth-order valence-electron chi connectivity index (χ4n) is 4.86. The molecule has 2 aromatic carbocycles. The molecule has 8 nitrogen and oxygen atoms in total. The lowest BCUT2D eigenvalue weighted by molar-refractivity contribution is -0.150. The molecule has 0 spiro atoms. The molecule has 4 rings (SSSR count). The molecule has 8 heteroatoms. The van der Waals surface area contributed by atoms with Gasteiger partial charge in [0, 0.05) is 18.9 Å². The minimum atomic E-state index is -1.18. The molecule has 34 heavy (non-hydrogen) atoms. The number of hydrogen-bond donors (Lipinski definition) is 3. The third-order valence-corrected chi connectivity index (χ3v) is 6.57. The second-order valence-corrected chi connectivity index (χ2v) is 10.0. The monoisotopic (exact) mass is 466 g/mol. The summed E-state index contributed by atoms with van der Waals surface area (Å²) in [6.45, 7) is 5.35. The van der Waals surface area contributed by atoms with Gasteiger partial charge in [0.05, 0.1) is 6.10 Å². The maximum Gasteiger partial charge on any atom is 0.407 e. The summed E-state index contributed by atoms with van der Waals surface area (Å²) >= 11 is 0. The van der Waals surface area contributed by atoms with E-state index in [-0.39, 0.29) is 25.5 Å². The van der Waals surface area contributed by atoms with Crippen molar-refractivity contribution < 1.29 is 29.3 Å². The van der Waals surface area contributed by atoms with Crippen molar-refractivity contribution in [3.05, 3.63) is 59.7 Å². The molecule has 1 fully saturated rings. The van der Waals surface area contributed by atoms with E-state index < -0.39 is 41.6 Å². The lowest BCUT2D eigenvalue weighted by Crippen LogP contribution is -2.57. The van der Waals surface area contributed by atoms with Crippen LogP contribution in [0, 0.1) is 5.41 Å². The molecule has 3 N–H and O–H groups in total. The van der Waals surface area contributed by atoms with Crippen LogP contribution in [0.3, 0.4) is 0 Å². The molecule has 0 radical (unpaired) electrons. The number of β-amino-alcohol motifs (C(OH)–C–C–N with tert-alkyl or cyclic N) is 1. The Balaban J connectivity index is 1.48. The zero-order chi connectivity index (χ0) is 24.6. The average Bonchev–Trinajstić information content (AvgIpc) is 3.33. The largest absolute Gasteiger partial charge is 0.480 e. The standard InChI is InChI=1S/C26H30N2O6/c1-26(2,3)22(23(30)28-13-15(29)12-21(28)24(31)32)27-25(33)34-14-20-18-10-6-4-8-16(18)17-9-5-7-11-19(17)20/h4-11,15,20-22,29H,12-14H2,1-3H3,(H,27,33)(H,31,32)/t15-,21-,22-/m0/s1. The summed E-state index contributed by atoms with van der Waals surface area (Å²) in [6, 6.07) is 13.9. The number of rotatable bonds is 5. The number of amides is 2. The number of carboxylic acid groups (broad SMARTS) is 1. The van der Waals surface area contributed by atoms with Gasteiger partial charge in [0.25, 0.3) is 0 Å². The Hall–Kier alpha value is -3.39. The summed E-state index contributed by atoms with van der Waals surface area (Å²) < 4.78 is 5.59. The first-order valence-electron chi connectivity index (χ1n) is 11.4. The first-order chi connectivity index (χ1) is 16.1. The van der Waals surface area contributed by atoms with Gasteiger partial charge in [-0.15, -0.1) is 0 Å². The van der Waals surface area contributed by atoms with Crippen molar-refractivity contribution in [3.63, 3.8) is 0 Å². The van der Waals surface area contributed by atoms with Gasteiger partial charge in [-0.05, 0) is 27.7 Å². The van der Waals surface area contributed by atoms with Crippen LogP contribution in [0.25, 0.3) is 11.1 Å². The SMILES string of the molecule is CC(C)(C)[C@@H](NC(=O)OCC1c2ccccc2-c2ccccc21)C(=O)N1C[C@@H](O)C[C@H]1C(=O)O. The fraction of sp³-hybridized carbons (Fsp3) is 0.423. The Morgan fingerprint density at radius 3 is 2.15 bits per heavy atom. The molecule has 2 aromatic rings. The van der Waals surface area contributed by atoms with Crippen LogP contribution >= 0.6 is 0 Å².